The van der Waals surface area contributed by atoms with Crippen LogP contribution < -0.4 is 0 Å². The van der Waals surface area contributed by atoms with Crippen molar-refractivity contribution in [3.05, 3.63) is 35.4 Å². The Kier molecular flexibility index (Phi) is 5.78. The summed E-state index contributed by atoms with van der Waals surface area (Å²) in [5.74, 6) is -6.33. The highest BCUT2D eigenvalue weighted by molar-refractivity contribution is 6.11. The second-order valence-corrected chi connectivity index (χ2v) is 10.5. The Bertz CT molecular complexity index is 854. The highest BCUT2D eigenvalue weighted by Gasteiger charge is 2.53. The van der Waals surface area contributed by atoms with Crippen LogP contribution >= 0.6 is 0 Å². The SMILES string of the molecule is CC1(C)CC(=O)C(C(c2ccccc2C(F)(F)F)C2C(=O)CC(C)(C)CC2=O)C(=O)C1. The third-order valence-electron chi connectivity index (χ3n) is 6.34. The summed E-state index contributed by atoms with van der Waals surface area (Å²) in [7, 11) is 0. The molecule has 0 heterocycles. The van der Waals surface area contributed by atoms with Crippen molar-refractivity contribution >= 4 is 23.1 Å². The van der Waals surface area contributed by atoms with E-state index in [4.69, 9.17) is 0 Å². The van der Waals surface area contributed by atoms with Gasteiger partial charge in [0.05, 0.1) is 17.4 Å². The first-order valence-electron chi connectivity index (χ1n) is 10.4. The van der Waals surface area contributed by atoms with Crippen molar-refractivity contribution in [3.63, 3.8) is 0 Å². The van der Waals surface area contributed by atoms with Gasteiger partial charge in [-0.1, -0.05) is 45.9 Å². The summed E-state index contributed by atoms with van der Waals surface area (Å²) in [6.45, 7) is 6.99. The fourth-order valence-corrected chi connectivity index (χ4v) is 5.21. The van der Waals surface area contributed by atoms with E-state index in [0.717, 1.165) is 6.07 Å². The second kappa shape index (κ2) is 7.68. The molecule has 2 saturated carbocycles. The van der Waals surface area contributed by atoms with Crippen molar-refractivity contribution in [2.24, 2.45) is 22.7 Å². The van der Waals surface area contributed by atoms with Crippen molar-refractivity contribution in [1.82, 2.24) is 0 Å². The number of alkyl halides is 3. The lowest BCUT2D eigenvalue weighted by molar-refractivity contribution is -0.148. The van der Waals surface area contributed by atoms with E-state index >= 15 is 0 Å². The average molecular weight is 436 g/mol. The molecular weight excluding hydrogens is 409 g/mol. The van der Waals surface area contributed by atoms with Crippen LogP contribution in [-0.2, 0) is 25.4 Å². The van der Waals surface area contributed by atoms with Gasteiger partial charge in [-0.2, -0.15) is 13.2 Å². The standard InChI is InChI=1S/C24H27F3O4/c1-22(2)9-15(28)20(16(29)10-22)19(13-7-5-6-8-14(13)24(25,26)27)21-17(30)11-23(3,4)12-18(21)31/h5-8,19-21H,9-12H2,1-4H3. The fourth-order valence-electron chi connectivity index (χ4n) is 5.21. The molecule has 1 aromatic rings. The van der Waals surface area contributed by atoms with Crippen molar-refractivity contribution in [2.75, 3.05) is 0 Å². The first-order chi connectivity index (χ1) is 14.1. The molecule has 2 fully saturated rings. The van der Waals surface area contributed by atoms with Gasteiger partial charge in [-0.3, -0.25) is 19.2 Å². The number of benzene rings is 1. The quantitative estimate of drug-likeness (QED) is 0.630. The number of carbonyl (C=O) groups is 4. The Hall–Kier alpha value is -2.31. The molecule has 2 aliphatic carbocycles. The Morgan fingerprint density at radius 3 is 1.45 bits per heavy atom. The summed E-state index contributed by atoms with van der Waals surface area (Å²) in [5.41, 5.74) is -2.56. The highest BCUT2D eigenvalue weighted by Crippen LogP contribution is 2.49. The van der Waals surface area contributed by atoms with Gasteiger partial charge in [0, 0.05) is 31.6 Å². The second-order valence-electron chi connectivity index (χ2n) is 10.5. The van der Waals surface area contributed by atoms with Crippen LogP contribution in [0.25, 0.3) is 0 Å². The van der Waals surface area contributed by atoms with Crippen LogP contribution in [0.3, 0.4) is 0 Å². The number of ketones is 4. The lowest BCUT2D eigenvalue weighted by atomic mass is 9.59. The van der Waals surface area contributed by atoms with Crippen molar-refractivity contribution in [3.8, 4) is 0 Å². The monoisotopic (exact) mass is 436 g/mol. The third kappa shape index (κ3) is 4.65. The molecule has 0 bridgehead atoms. The summed E-state index contributed by atoms with van der Waals surface area (Å²) >= 11 is 0. The molecule has 2 aliphatic rings. The van der Waals surface area contributed by atoms with Crippen LogP contribution in [-0.4, -0.2) is 23.1 Å². The molecule has 168 valence electrons. The summed E-state index contributed by atoms with van der Waals surface area (Å²) in [5, 5.41) is 0. The predicted molar refractivity (Wildman–Crippen MR) is 107 cm³/mol. The maximum atomic E-state index is 13.8. The van der Waals surface area contributed by atoms with Crippen molar-refractivity contribution in [2.45, 2.75) is 65.5 Å². The van der Waals surface area contributed by atoms with Crippen LogP contribution in [0.2, 0.25) is 0 Å². The van der Waals surface area contributed by atoms with Gasteiger partial charge in [-0.15, -0.1) is 0 Å². The maximum Gasteiger partial charge on any atom is 0.416 e. The maximum absolute atomic E-state index is 13.8. The van der Waals surface area contributed by atoms with Crippen LogP contribution in [0.15, 0.2) is 24.3 Å². The minimum Gasteiger partial charge on any atom is -0.299 e. The van der Waals surface area contributed by atoms with E-state index in [0.29, 0.717) is 0 Å². The third-order valence-corrected chi connectivity index (χ3v) is 6.34. The summed E-state index contributed by atoms with van der Waals surface area (Å²) in [6, 6.07) is 4.64. The molecule has 0 atom stereocenters. The molecule has 1 aromatic carbocycles. The van der Waals surface area contributed by atoms with Gasteiger partial charge < -0.3 is 0 Å². The largest absolute Gasteiger partial charge is 0.416 e. The average Bonchev–Trinajstić information content (AvgIpc) is 2.56. The minimum atomic E-state index is -4.76. The molecule has 0 unspecified atom stereocenters. The Morgan fingerprint density at radius 2 is 1.10 bits per heavy atom. The molecule has 0 amide bonds. The first-order valence-corrected chi connectivity index (χ1v) is 10.4. The topological polar surface area (TPSA) is 68.3 Å². The molecule has 0 radical (unpaired) electrons. The van der Waals surface area contributed by atoms with E-state index in [1.54, 1.807) is 27.7 Å². The van der Waals surface area contributed by atoms with E-state index in [1.165, 1.54) is 18.2 Å². The van der Waals surface area contributed by atoms with Gasteiger partial charge in [0.25, 0.3) is 0 Å². The minimum absolute atomic E-state index is 0.00862. The molecular formula is C24H27F3O4. The van der Waals surface area contributed by atoms with Gasteiger partial charge in [-0.05, 0) is 22.5 Å². The number of hydrogen-bond donors (Lipinski definition) is 0. The van der Waals surface area contributed by atoms with Gasteiger partial charge in [0.1, 0.15) is 23.1 Å². The van der Waals surface area contributed by atoms with Crippen molar-refractivity contribution in [1.29, 1.82) is 0 Å². The molecule has 7 heteroatoms. The number of hydrogen-bond acceptors (Lipinski definition) is 4. The van der Waals surface area contributed by atoms with Crippen LogP contribution in [0.4, 0.5) is 13.2 Å². The number of rotatable bonds is 3. The van der Waals surface area contributed by atoms with Crippen LogP contribution in [0.5, 0.6) is 0 Å². The summed E-state index contributed by atoms with van der Waals surface area (Å²) < 4.78 is 41.5. The van der Waals surface area contributed by atoms with E-state index in [9.17, 15) is 32.3 Å². The van der Waals surface area contributed by atoms with Crippen LogP contribution in [0.1, 0.15) is 70.4 Å². The lowest BCUT2D eigenvalue weighted by Crippen LogP contribution is -2.48. The molecule has 31 heavy (non-hydrogen) atoms. The molecule has 4 nitrogen and oxygen atoms in total. The van der Waals surface area contributed by atoms with Gasteiger partial charge >= 0.3 is 6.18 Å². The molecule has 0 spiro atoms. The fraction of sp³-hybridized carbons (Fsp3) is 0.583. The molecule has 0 saturated heterocycles. The number of Topliss-reactive ketones (excluding diaryl/α,β-unsaturated/α-hetero) is 4. The number of carbonyl (C=O) groups excluding carboxylic acids is 4. The van der Waals surface area contributed by atoms with Gasteiger partial charge in [-0.25, -0.2) is 0 Å². The normalized spacial score (nSPS) is 23.0. The lowest BCUT2D eigenvalue weighted by Gasteiger charge is -2.41. The van der Waals surface area contributed by atoms with E-state index in [-0.39, 0.29) is 31.2 Å². The Balaban J connectivity index is 2.20. The molecule has 0 aromatic heterocycles. The predicted octanol–water partition coefficient (Wildman–Crippen LogP) is 4.94. The summed E-state index contributed by atoms with van der Waals surface area (Å²) in [6.07, 6.45) is -4.72. The smallest absolute Gasteiger partial charge is 0.299 e. The van der Waals surface area contributed by atoms with Gasteiger partial charge in [0.2, 0.25) is 0 Å². The van der Waals surface area contributed by atoms with Crippen LogP contribution in [0, 0.1) is 22.7 Å². The number of halogens is 3. The van der Waals surface area contributed by atoms with E-state index < -0.39 is 63.5 Å². The first kappa shape index (κ1) is 23.4. The zero-order valence-corrected chi connectivity index (χ0v) is 18.1. The zero-order valence-electron chi connectivity index (χ0n) is 18.1. The van der Waals surface area contributed by atoms with Gasteiger partial charge in [0.15, 0.2) is 0 Å². The molecule has 0 N–H and O–H groups in total. The van der Waals surface area contributed by atoms with E-state index in [1.807, 2.05) is 0 Å². The Morgan fingerprint density at radius 1 is 0.742 bits per heavy atom. The Labute approximate surface area is 179 Å². The molecule has 0 aliphatic heterocycles. The highest BCUT2D eigenvalue weighted by atomic mass is 19.4. The summed E-state index contributed by atoms with van der Waals surface area (Å²) in [4.78, 5) is 52.2. The van der Waals surface area contributed by atoms with Crippen molar-refractivity contribution < 1.29 is 32.3 Å². The van der Waals surface area contributed by atoms with E-state index in [2.05, 4.69) is 0 Å². The molecule has 3 rings (SSSR count). The zero-order chi connectivity index (χ0) is 23.4.